The van der Waals surface area contributed by atoms with Gasteiger partial charge in [-0.3, -0.25) is 4.68 Å². The Morgan fingerprint density at radius 3 is 2.92 bits per heavy atom. The molecule has 0 spiro atoms. The standard InChI is InChI=1S/C19H26N4O/c1-15(17-9-8-16-6-2-3-7-18(16)14-17)22-19(24)20-10-4-12-23-13-5-11-21-23/h5,8-9,11,13-15H,2-4,6-7,10,12H2,1H3,(H2,20,22,24)/t15-/m1/s1. The highest BCUT2D eigenvalue weighted by atomic mass is 16.2. The number of aromatic nitrogens is 2. The summed E-state index contributed by atoms with van der Waals surface area (Å²) in [5.41, 5.74) is 4.11. The lowest BCUT2D eigenvalue weighted by Crippen LogP contribution is -2.37. The first-order valence-electron chi connectivity index (χ1n) is 8.86. The number of fused-ring (bicyclic) bond motifs is 1. The third kappa shape index (κ3) is 4.37. The van der Waals surface area contributed by atoms with Gasteiger partial charge < -0.3 is 10.6 Å². The fraction of sp³-hybridized carbons (Fsp3) is 0.474. The SMILES string of the molecule is C[C@@H](NC(=O)NCCCn1cccn1)c1ccc2c(c1)CCCC2. The molecule has 2 aromatic rings. The predicted octanol–water partition coefficient (Wildman–Crippen LogP) is 3.21. The molecule has 1 heterocycles. The minimum Gasteiger partial charge on any atom is -0.338 e. The van der Waals surface area contributed by atoms with Crippen molar-refractivity contribution in [3.8, 4) is 0 Å². The van der Waals surface area contributed by atoms with Crippen LogP contribution in [0.4, 0.5) is 4.79 Å². The number of aryl methyl sites for hydroxylation is 3. The molecule has 1 aliphatic rings. The van der Waals surface area contributed by atoms with Crippen LogP contribution in [-0.2, 0) is 19.4 Å². The predicted molar refractivity (Wildman–Crippen MR) is 94.9 cm³/mol. The van der Waals surface area contributed by atoms with Crippen LogP contribution in [0, 0.1) is 0 Å². The second-order valence-electron chi connectivity index (χ2n) is 6.48. The minimum atomic E-state index is -0.110. The number of urea groups is 1. The molecular weight excluding hydrogens is 300 g/mol. The molecule has 1 aromatic carbocycles. The van der Waals surface area contributed by atoms with Crippen molar-refractivity contribution in [2.24, 2.45) is 0 Å². The van der Waals surface area contributed by atoms with Crippen LogP contribution >= 0.6 is 0 Å². The van der Waals surface area contributed by atoms with E-state index in [1.165, 1.54) is 36.0 Å². The lowest BCUT2D eigenvalue weighted by molar-refractivity contribution is 0.237. The second kappa shape index (κ2) is 7.99. The van der Waals surface area contributed by atoms with Gasteiger partial charge in [0.05, 0.1) is 6.04 Å². The largest absolute Gasteiger partial charge is 0.338 e. The van der Waals surface area contributed by atoms with E-state index in [-0.39, 0.29) is 12.1 Å². The van der Waals surface area contributed by atoms with E-state index in [0.29, 0.717) is 6.54 Å². The van der Waals surface area contributed by atoms with Crippen molar-refractivity contribution in [2.45, 2.75) is 51.6 Å². The van der Waals surface area contributed by atoms with E-state index < -0.39 is 0 Å². The first kappa shape index (κ1) is 16.6. The molecule has 0 unspecified atom stereocenters. The van der Waals surface area contributed by atoms with E-state index in [0.717, 1.165) is 19.4 Å². The van der Waals surface area contributed by atoms with E-state index in [9.17, 15) is 4.79 Å². The highest BCUT2D eigenvalue weighted by molar-refractivity contribution is 5.74. The van der Waals surface area contributed by atoms with Crippen LogP contribution in [0.5, 0.6) is 0 Å². The number of benzene rings is 1. The molecule has 0 radical (unpaired) electrons. The van der Waals surface area contributed by atoms with Crippen molar-refractivity contribution < 1.29 is 4.79 Å². The van der Waals surface area contributed by atoms with Gasteiger partial charge in [0.1, 0.15) is 0 Å². The molecule has 0 saturated heterocycles. The van der Waals surface area contributed by atoms with E-state index in [2.05, 4.69) is 33.9 Å². The highest BCUT2D eigenvalue weighted by Crippen LogP contribution is 2.24. The first-order valence-corrected chi connectivity index (χ1v) is 8.86. The summed E-state index contributed by atoms with van der Waals surface area (Å²) in [4.78, 5) is 12.0. The maximum absolute atomic E-state index is 12.0. The third-order valence-corrected chi connectivity index (χ3v) is 4.63. The molecule has 0 saturated carbocycles. The quantitative estimate of drug-likeness (QED) is 0.801. The van der Waals surface area contributed by atoms with Crippen molar-refractivity contribution in [3.63, 3.8) is 0 Å². The van der Waals surface area contributed by atoms with Gasteiger partial charge in [0.25, 0.3) is 0 Å². The van der Waals surface area contributed by atoms with Gasteiger partial charge in [-0.05, 0) is 61.8 Å². The summed E-state index contributed by atoms with van der Waals surface area (Å²) in [5.74, 6) is 0. The smallest absolute Gasteiger partial charge is 0.315 e. The summed E-state index contributed by atoms with van der Waals surface area (Å²) in [6.45, 7) is 3.49. The Balaban J connectivity index is 1.43. The topological polar surface area (TPSA) is 59.0 Å². The molecule has 2 N–H and O–H groups in total. The fourth-order valence-corrected chi connectivity index (χ4v) is 3.23. The molecule has 128 valence electrons. The van der Waals surface area contributed by atoms with E-state index >= 15 is 0 Å². The number of amides is 2. The van der Waals surface area contributed by atoms with Gasteiger partial charge in [0.2, 0.25) is 0 Å². The summed E-state index contributed by atoms with van der Waals surface area (Å²) in [5, 5.41) is 10.1. The average molecular weight is 326 g/mol. The molecule has 3 rings (SSSR count). The van der Waals surface area contributed by atoms with Crippen LogP contribution in [-0.4, -0.2) is 22.4 Å². The normalized spacial score (nSPS) is 14.7. The molecule has 1 aliphatic carbocycles. The lowest BCUT2D eigenvalue weighted by Gasteiger charge is -2.20. The van der Waals surface area contributed by atoms with Gasteiger partial charge in [-0.1, -0.05) is 18.2 Å². The van der Waals surface area contributed by atoms with E-state index in [1.807, 2.05) is 23.9 Å². The zero-order chi connectivity index (χ0) is 16.8. The van der Waals surface area contributed by atoms with Gasteiger partial charge >= 0.3 is 6.03 Å². The van der Waals surface area contributed by atoms with Gasteiger partial charge in [-0.2, -0.15) is 5.10 Å². The summed E-state index contributed by atoms with van der Waals surface area (Å²) in [6.07, 6.45) is 9.47. The van der Waals surface area contributed by atoms with Crippen molar-refractivity contribution in [1.82, 2.24) is 20.4 Å². The summed E-state index contributed by atoms with van der Waals surface area (Å²) in [7, 11) is 0. The average Bonchev–Trinajstić information content (AvgIpc) is 3.11. The Hall–Kier alpha value is -2.30. The van der Waals surface area contributed by atoms with Crippen LogP contribution in [0.25, 0.3) is 0 Å². The van der Waals surface area contributed by atoms with Crippen LogP contribution in [0.15, 0.2) is 36.7 Å². The van der Waals surface area contributed by atoms with Gasteiger partial charge in [-0.15, -0.1) is 0 Å². The van der Waals surface area contributed by atoms with Crippen molar-refractivity contribution in [1.29, 1.82) is 0 Å². The number of rotatable bonds is 6. The molecule has 1 atom stereocenters. The molecule has 0 aliphatic heterocycles. The Morgan fingerprint density at radius 2 is 2.12 bits per heavy atom. The van der Waals surface area contributed by atoms with Gasteiger partial charge in [-0.25, -0.2) is 4.79 Å². The zero-order valence-electron chi connectivity index (χ0n) is 14.3. The number of carbonyl (C=O) groups is 1. The Labute approximate surface area is 143 Å². The minimum absolute atomic E-state index is 0.0170. The number of hydrogen-bond donors (Lipinski definition) is 2. The molecule has 0 bridgehead atoms. The highest BCUT2D eigenvalue weighted by Gasteiger charge is 2.13. The summed E-state index contributed by atoms with van der Waals surface area (Å²) in [6, 6.07) is 8.44. The van der Waals surface area contributed by atoms with Gasteiger partial charge in [0, 0.05) is 25.5 Å². The van der Waals surface area contributed by atoms with Crippen LogP contribution in [0.2, 0.25) is 0 Å². The molecular formula is C19H26N4O. The van der Waals surface area contributed by atoms with Crippen molar-refractivity contribution in [2.75, 3.05) is 6.54 Å². The number of nitrogens with zero attached hydrogens (tertiary/aromatic N) is 2. The maximum atomic E-state index is 12.0. The molecule has 5 heteroatoms. The van der Waals surface area contributed by atoms with Crippen LogP contribution in [0.1, 0.15) is 48.9 Å². The Kier molecular flexibility index (Phi) is 5.51. The maximum Gasteiger partial charge on any atom is 0.315 e. The van der Waals surface area contributed by atoms with E-state index in [4.69, 9.17) is 0 Å². The number of carbonyl (C=O) groups excluding carboxylic acids is 1. The molecule has 0 fully saturated rings. The zero-order valence-corrected chi connectivity index (χ0v) is 14.3. The van der Waals surface area contributed by atoms with Crippen molar-refractivity contribution >= 4 is 6.03 Å². The van der Waals surface area contributed by atoms with Crippen LogP contribution in [0.3, 0.4) is 0 Å². The first-order chi connectivity index (χ1) is 11.7. The molecule has 5 nitrogen and oxygen atoms in total. The molecule has 24 heavy (non-hydrogen) atoms. The van der Waals surface area contributed by atoms with E-state index in [1.54, 1.807) is 6.20 Å². The number of nitrogens with one attached hydrogen (secondary N) is 2. The number of hydrogen-bond acceptors (Lipinski definition) is 2. The third-order valence-electron chi connectivity index (χ3n) is 4.63. The molecule has 2 amide bonds. The van der Waals surface area contributed by atoms with Crippen LogP contribution < -0.4 is 10.6 Å². The fourth-order valence-electron chi connectivity index (χ4n) is 3.23. The molecule has 1 aromatic heterocycles. The lowest BCUT2D eigenvalue weighted by atomic mass is 9.89. The van der Waals surface area contributed by atoms with Crippen molar-refractivity contribution in [3.05, 3.63) is 53.3 Å². The Morgan fingerprint density at radius 1 is 1.29 bits per heavy atom. The summed E-state index contributed by atoms with van der Waals surface area (Å²) < 4.78 is 1.87. The second-order valence-corrected chi connectivity index (χ2v) is 6.48. The summed E-state index contributed by atoms with van der Waals surface area (Å²) >= 11 is 0. The van der Waals surface area contributed by atoms with Gasteiger partial charge in [0.15, 0.2) is 0 Å². The Bertz CT molecular complexity index is 666. The monoisotopic (exact) mass is 326 g/mol.